The van der Waals surface area contributed by atoms with Crippen LogP contribution in [0.5, 0.6) is 0 Å². The molecule has 1 amide bonds. The fourth-order valence-corrected chi connectivity index (χ4v) is 3.45. The van der Waals surface area contributed by atoms with E-state index in [4.69, 9.17) is 0 Å². The van der Waals surface area contributed by atoms with Crippen molar-refractivity contribution in [3.8, 4) is 0 Å². The number of rotatable bonds is 4. The molecule has 1 aromatic carbocycles. The first-order valence-electron chi connectivity index (χ1n) is 8.97. The summed E-state index contributed by atoms with van der Waals surface area (Å²) in [5.74, 6) is 0.564. The van der Waals surface area contributed by atoms with Gasteiger partial charge in [0.25, 0.3) is 5.91 Å². The maximum absolute atomic E-state index is 12.5. The van der Waals surface area contributed by atoms with Gasteiger partial charge in [0.05, 0.1) is 17.1 Å². The highest BCUT2D eigenvalue weighted by Crippen LogP contribution is 2.22. The second-order valence-electron chi connectivity index (χ2n) is 6.75. The van der Waals surface area contributed by atoms with Crippen molar-refractivity contribution in [2.45, 2.75) is 25.5 Å². The fourth-order valence-electron chi connectivity index (χ4n) is 3.45. The molecule has 4 N–H and O–H groups in total. The maximum atomic E-state index is 12.5. The zero-order valence-electron chi connectivity index (χ0n) is 14.7. The predicted molar refractivity (Wildman–Crippen MR) is 102 cm³/mol. The van der Waals surface area contributed by atoms with Crippen LogP contribution >= 0.6 is 0 Å². The van der Waals surface area contributed by atoms with Gasteiger partial charge < -0.3 is 25.3 Å². The molecule has 8 heteroatoms. The van der Waals surface area contributed by atoms with Gasteiger partial charge in [0.1, 0.15) is 5.82 Å². The first-order chi connectivity index (χ1) is 13.1. The van der Waals surface area contributed by atoms with Gasteiger partial charge in [0, 0.05) is 37.0 Å². The topological polar surface area (TPSA) is 114 Å². The van der Waals surface area contributed by atoms with Gasteiger partial charge in [-0.05, 0) is 37.1 Å². The molecule has 4 rings (SSSR count). The van der Waals surface area contributed by atoms with Crippen LogP contribution in [0.2, 0.25) is 0 Å². The second kappa shape index (κ2) is 7.24. The van der Waals surface area contributed by atoms with E-state index in [-0.39, 0.29) is 17.7 Å². The molecule has 1 atom stereocenters. The van der Waals surface area contributed by atoms with E-state index in [0.29, 0.717) is 29.7 Å². The Balaban J connectivity index is 1.49. The number of fused-ring (bicyclic) bond motifs is 1. The largest absolute Gasteiger partial charge is 0.391 e. The molecule has 8 nitrogen and oxygen atoms in total. The molecule has 1 saturated heterocycles. The molecule has 0 radical (unpaired) electrons. The van der Waals surface area contributed by atoms with Crippen molar-refractivity contribution < 1.29 is 9.90 Å². The van der Waals surface area contributed by atoms with Crippen molar-refractivity contribution in [1.82, 2.24) is 20.3 Å². The van der Waals surface area contributed by atoms with E-state index < -0.39 is 0 Å². The van der Waals surface area contributed by atoms with Crippen molar-refractivity contribution in [3.05, 3.63) is 58.1 Å². The van der Waals surface area contributed by atoms with Crippen LogP contribution in [-0.4, -0.2) is 45.2 Å². The molecule has 1 aliphatic rings. The lowest BCUT2D eigenvalue weighted by Gasteiger charge is -2.32. The maximum Gasteiger partial charge on any atom is 0.323 e. The summed E-state index contributed by atoms with van der Waals surface area (Å²) in [5, 5.41) is 12.8. The van der Waals surface area contributed by atoms with Crippen LogP contribution < -0.4 is 15.9 Å². The number of hydrogen-bond acceptors (Lipinski definition) is 5. The highest BCUT2D eigenvalue weighted by atomic mass is 16.3. The van der Waals surface area contributed by atoms with E-state index in [1.54, 1.807) is 24.4 Å². The molecule has 3 heterocycles. The van der Waals surface area contributed by atoms with Crippen LogP contribution in [0.1, 0.15) is 28.8 Å². The van der Waals surface area contributed by atoms with Crippen molar-refractivity contribution in [2.24, 2.45) is 0 Å². The molecule has 3 aromatic rings. The summed E-state index contributed by atoms with van der Waals surface area (Å²) in [7, 11) is 0. The van der Waals surface area contributed by atoms with Gasteiger partial charge in [0.15, 0.2) is 0 Å². The number of aliphatic hydroxyl groups excluding tert-OH is 1. The first-order valence-corrected chi connectivity index (χ1v) is 8.97. The number of anilines is 1. The van der Waals surface area contributed by atoms with Gasteiger partial charge in [-0.1, -0.05) is 6.07 Å². The zero-order valence-corrected chi connectivity index (χ0v) is 14.7. The van der Waals surface area contributed by atoms with E-state index in [9.17, 15) is 14.7 Å². The number of aliphatic hydroxyl groups is 1. The van der Waals surface area contributed by atoms with E-state index >= 15 is 0 Å². The lowest BCUT2D eigenvalue weighted by molar-refractivity contribution is 0.0951. The molecular formula is C19H21N5O3. The van der Waals surface area contributed by atoms with Gasteiger partial charge in [-0.2, -0.15) is 0 Å². The molecule has 1 aliphatic heterocycles. The molecule has 0 spiro atoms. The van der Waals surface area contributed by atoms with Gasteiger partial charge in [-0.15, -0.1) is 0 Å². The van der Waals surface area contributed by atoms with Gasteiger partial charge in [-0.3, -0.25) is 4.79 Å². The summed E-state index contributed by atoms with van der Waals surface area (Å²) in [4.78, 5) is 35.7. The Morgan fingerprint density at radius 3 is 3.00 bits per heavy atom. The number of aromatic nitrogens is 3. The minimum Gasteiger partial charge on any atom is -0.391 e. The molecule has 27 heavy (non-hydrogen) atoms. The number of carbonyl (C=O) groups is 1. The molecular weight excluding hydrogens is 346 g/mol. The Morgan fingerprint density at radius 1 is 1.30 bits per heavy atom. The number of pyridine rings is 1. The highest BCUT2D eigenvalue weighted by molar-refractivity contribution is 5.97. The number of hydrogen-bond donors (Lipinski definition) is 4. The quantitative estimate of drug-likeness (QED) is 0.552. The lowest BCUT2D eigenvalue weighted by atomic mass is 10.1. The summed E-state index contributed by atoms with van der Waals surface area (Å²) in [5.41, 5.74) is 2.32. The van der Waals surface area contributed by atoms with Crippen LogP contribution in [0.25, 0.3) is 11.0 Å². The fraction of sp³-hybridized carbons (Fsp3) is 0.316. The summed E-state index contributed by atoms with van der Waals surface area (Å²) in [6.45, 7) is 1.72. The SMILES string of the molecule is O=C(NCc1cccnc1N1CCCC(O)C1)c1ccc2[nH]c(=O)[nH]c2c1. The number of H-pyrrole nitrogens is 2. The third-order valence-corrected chi connectivity index (χ3v) is 4.78. The van der Waals surface area contributed by atoms with Crippen LogP contribution in [-0.2, 0) is 6.54 Å². The predicted octanol–water partition coefficient (Wildman–Crippen LogP) is 1.14. The number of nitrogens with zero attached hydrogens (tertiary/aromatic N) is 2. The average molecular weight is 367 g/mol. The number of β-amino-alcohol motifs (C(OH)–C–C–N with tert-alkyl or cyclic N) is 1. The van der Waals surface area contributed by atoms with Crippen LogP contribution in [0.4, 0.5) is 5.82 Å². The number of aromatic amines is 2. The van der Waals surface area contributed by atoms with Gasteiger partial charge in [-0.25, -0.2) is 9.78 Å². The van der Waals surface area contributed by atoms with Gasteiger partial charge in [0.2, 0.25) is 0 Å². The molecule has 1 fully saturated rings. The minimum atomic E-state index is -0.349. The first kappa shape index (κ1) is 17.3. The van der Waals surface area contributed by atoms with E-state index in [2.05, 4.69) is 25.2 Å². The number of nitrogens with one attached hydrogen (secondary N) is 3. The van der Waals surface area contributed by atoms with E-state index in [0.717, 1.165) is 30.8 Å². The number of amides is 1. The third-order valence-electron chi connectivity index (χ3n) is 4.78. The smallest absolute Gasteiger partial charge is 0.323 e. The molecule has 2 aromatic heterocycles. The van der Waals surface area contributed by atoms with Crippen LogP contribution in [0.15, 0.2) is 41.3 Å². The molecule has 1 unspecified atom stereocenters. The number of piperidine rings is 1. The second-order valence-corrected chi connectivity index (χ2v) is 6.75. The third kappa shape index (κ3) is 3.70. The van der Waals surface area contributed by atoms with Gasteiger partial charge >= 0.3 is 5.69 Å². The highest BCUT2D eigenvalue weighted by Gasteiger charge is 2.21. The van der Waals surface area contributed by atoms with Crippen molar-refractivity contribution >= 4 is 22.8 Å². The zero-order chi connectivity index (χ0) is 18.8. The lowest BCUT2D eigenvalue weighted by Crippen LogP contribution is -2.39. The standard InChI is InChI=1S/C19H21N5O3/c25-14-4-2-8-24(11-14)17-13(3-1-7-20-17)10-21-18(26)12-5-6-15-16(9-12)23-19(27)22-15/h1,3,5-7,9,14,25H,2,4,8,10-11H2,(H,21,26)(H2,22,23,27). The monoisotopic (exact) mass is 367 g/mol. The van der Waals surface area contributed by atoms with Crippen molar-refractivity contribution in [1.29, 1.82) is 0 Å². The normalized spacial score (nSPS) is 17.2. The Hall–Kier alpha value is -3.13. The summed E-state index contributed by atoms with van der Waals surface area (Å²) in [6, 6.07) is 8.78. The average Bonchev–Trinajstić information content (AvgIpc) is 3.05. The minimum absolute atomic E-state index is 0.229. The molecule has 140 valence electrons. The number of benzene rings is 1. The number of imidazole rings is 1. The van der Waals surface area contributed by atoms with Crippen LogP contribution in [0, 0.1) is 0 Å². The molecule has 0 saturated carbocycles. The molecule has 0 bridgehead atoms. The van der Waals surface area contributed by atoms with E-state index in [1.807, 2.05) is 12.1 Å². The Morgan fingerprint density at radius 2 is 2.15 bits per heavy atom. The van der Waals surface area contributed by atoms with Crippen molar-refractivity contribution in [2.75, 3.05) is 18.0 Å². The Kier molecular flexibility index (Phi) is 4.64. The summed E-state index contributed by atoms with van der Waals surface area (Å²) in [6.07, 6.45) is 3.09. The molecule has 0 aliphatic carbocycles. The van der Waals surface area contributed by atoms with E-state index in [1.165, 1.54) is 0 Å². The summed E-state index contributed by atoms with van der Waals surface area (Å²) >= 11 is 0. The number of carbonyl (C=O) groups excluding carboxylic acids is 1. The van der Waals surface area contributed by atoms with Crippen molar-refractivity contribution in [3.63, 3.8) is 0 Å². The summed E-state index contributed by atoms with van der Waals surface area (Å²) < 4.78 is 0. The Labute approximate surface area is 155 Å². The Bertz CT molecular complexity index is 1030. The van der Waals surface area contributed by atoms with Crippen LogP contribution in [0.3, 0.4) is 0 Å².